The lowest BCUT2D eigenvalue weighted by molar-refractivity contribution is 1.09. The standard InChI is InChI=1S/C9H7ClN4S/c10-3-1-2-4-15-9-7-8(12-5-11-7)13-6-14-9/h5-6H,3-4H2,(H,11,12,13,14). The molecule has 0 amide bonds. The van der Waals surface area contributed by atoms with Gasteiger partial charge in [-0.05, 0) is 0 Å². The van der Waals surface area contributed by atoms with Gasteiger partial charge in [0.05, 0.1) is 18.0 Å². The Morgan fingerprint density at radius 1 is 1.33 bits per heavy atom. The average Bonchev–Trinajstić information content (AvgIpc) is 2.73. The van der Waals surface area contributed by atoms with Crippen molar-refractivity contribution in [2.24, 2.45) is 0 Å². The predicted molar refractivity (Wildman–Crippen MR) is 60.9 cm³/mol. The number of H-pyrrole nitrogens is 1. The Morgan fingerprint density at radius 3 is 3.13 bits per heavy atom. The summed E-state index contributed by atoms with van der Waals surface area (Å²) in [4.78, 5) is 15.2. The van der Waals surface area contributed by atoms with Crippen LogP contribution in [0.2, 0.25) is 0 Å². The molecule has 76 valence electrons. The number of aromatic nitrogens is 4. The zero-order valence-corrected chi connectivity index (χ0v) is 9.27. The van der Waals surface area contributed by atoms with Crippen LogP contribution in [0.1, 0.15) is 0 Å². The predicted octanol–water partition coefficient (Wildman–Crippen LogP) is 1.69. The van der Waals surface area contributed by atoms with Gasteiger partial charge in [-0.25, -0.2) is 15.0 Å². The summed E-state index contributed by atoms with van der Waals surface area (Å²) in [7, 11) is 0. The summed E-state index contributed by atoms with van der Waals surface area (Å²) in [5.41, 5.74) is 1.54. The molecule has 2 aromatic rings. The Labute approximate surface area is 95.9 Å². The topological polar surface area (TPSA) is 54.5 Å². The highest BCUT2D eigenvalue weighted by atomic mass is 35.5. The molecule has 0 aliphatic heterocycles. The van der Waals surface area contributed by atoms with Crippen molar-refractivity contribution < 1.29 is 0 Å². The van der Waals surface area contributed by atoms with Gasteiger partial charge in [0.15, 0.2) is 5.65 Å². The van der Waals surface area contributed by atoms with Crippen LogP contribution in [0.15, 0.2) is 17.7 Å². The highest BCUT2D eigenvalue weighted by Crippen LogP contribution is 2.20. The van der Waals surface area contributed by atoms with Gasteiger partial charge in [-0.3, -0.25) is 0 Å². The number of nitrogens with one attached hydrogen (secondary N) is 1. The third kappa shape index (κ3) is 2.41. The molecular weight excluding hydrogens is 232 g/mol. The van der Waals surface area contributed by atoms with Crippen LogP contribution < -0.4 is 0 Å². The van der Waals surface area contributed by atoms with Crippen LogP contribution in [0.3, 0.4) is 0 Å². The van der Waals surface area contributed by atoms with Crippen molar-refractivity contribution in [3.8, 4) is 11.8 Å². The van der Waals surface area contributed by atoms with Crippen LogP contribution >= 0.6 is 23.4 Å². The fraction of sp³-hybridized carbons (Fsp3) is 0.222. The highest BCUT2D eigenvalue weighted by molar-refractivity contribution is 7.99. The molecule has 0 saturated carbocycles. The monoisotopic (exact) mass is 238 g/mol. The number of nitrogens with zero attached hydrogens (tertiary/aromatic N) is 3. The van der Waals surface area contributed by atoms with Gasteiger partial charge < -0.3 is 4.98 Å². The molecule has 15 heavy (non-hydrogen) atoms. The summed E-state index contributed by atoms with van der Waals surface area (Å²) in [5, 5.41) is 0.862. The van der Waals surface area contributed by atoms with Crippen LogP contribution in [-0.2, 0) is 0 Å². The Bertz CT molecular complexity index is 513. The molecule has 6 heteroatoms. The maximum atomic E-state index is 5.44. The summed E-state index contributed by atoms with van der Waals surface area (Å²) in [6.07, 6.45) is 3.11. The Balaban J connectivity index is 2.17. The van der Waals surface area contributed by atoms with Crippen molar-refractivity contribution in [3.05, 3.63) is 12.7 Å². The van der Waals surface area contributed by atoms with Gasteiger partial charge in [-0.1, -0.05) is 23.6 Å². The maximum Gasteiger partial charge on any atom is 0.181 e. The van der Waals surface area contributed by atoms with E-state index in [1.54, 1.807) is 6.33 Å². The largest absolute Gasteiger partial charge is 0.341 e. The van der Waals surface area contributed by atoms with Gasteiger partial charge in [-0.15, -0.1) is 11.6 Å². The van der Waals surface area contributed by atoms with E-state index in [0.717, 1.165) is 10.5 Å². The maximum absolute atomic E-state index is 5.44. The Morgan fingerprint density at radius 2 is 2.27 bits per heavy atom. The second kappa shape index (κ2) is 5.01. The molecular formula is C9H7ClN4S. The van der Waals surface area contributed by atoms with E-state index in [1.165, 1.54) is 18.1 Å². The number of imidazole rings is 1. The number of fused-ring (bicyclic) bond motifs is 1. The fourth-order valence-electron chi connectivity index (χ4n) is 1.06. The van der Waals surface area contributed by atoms with Crippen LogP contribution in [0.5, 0.6) is 0 Å². The van der Waals surface area contributed by atoms with E-state index in [4.69, 9.17) is 11.6 Å². The van der Waals surface area contributed by atoms with Gasteiger partial charge in [0.1, 0.15) is 16.9 Å². The molecule has 0 unspecified atom stereocenters. The smallest absolute Gasteiger partial charge is 0.181 e. The molecule has 1 N–H and O–H groups in total. The van der Waals surface area contributed by atoms with Crippen LogP contribution in [-0.4, -0.2) is 31.6 Å². The third-order valence-corrected chi connectivity index (χ3v) is 2.67. The van der Waals surface area contributed by atoms with E-state index >= 15 is 0 Å². The van der Waals surface area contributed by atoms with Gasteiger partial charge in [0, 0.05) is 0 Å². The van der Waals surface area contributed by atoms with Gasteiger partial charge in [-0.2, -0.15) is 0 Å². The van der Waals surface area contributed by atoms with Crippen molar-refractivity contribution >= 4 is 34.5 Å². The normalized spacial score (nSPS) is 9.93. The molecule has 2 aromatic heterocycles. The average molecular weight is 239 g/mol. The zero-order chi connectivity index (χ0) is 10.5. The lowest BCUT2D eigenvalue weighted by atomic mass is 10.6. The Kier molecular flexibility index (Phi) is 3.43. The number of halogens is 1. The second-order valence-corrected chi connectivity index (χ2v) is 3.79. The first-order chi connectivity index (χ1) is 7.42. The van der Waals surface area contributed by atoms with Gasteiger partial charge in [0.25, 0.3) is 0 Å². The molecule has 0 aliphatic rings. The van der Waals surface area contributed by atoms with Crippen molar-refractivity contribution in [1.82, 2.24) is 19.9 Å². The second-order valence-electron chi connectivity index (χ2n) is 2.56. The lowest BCUT2D eigenvalue weighted by Crippen LogP contribution is -1.86. The van der Waals surface area contributed by atoms with E-state index < -0.39 is 0 Å². The molecule has 0 atom stereocenters. The number of thioether (sulfide) groups is 1. The first-order valence-corrected chi connectivity index (χ1v) is 5.72. The quantitative estimate of drug-likeness (QED) is 0.374. The highest BCUT2D eigenvalue weighted by Gasteiger charge is 2.04. The summed E-state index contributed by atoms with van der Waals surface area (Å²) in [6.45, 7) is 0. The molecule has 0 saturated heterocycles. The van der Waals surface area contributed by atoms with Gasteiger partial charge >= 0.3 is 0 Å². The zero-order valence-electron chi connectivity index (χ0n) is 7.70. The molecule has 2 rings (SSSR count). The van der Waals surface area contributed by atoms with Crippen LogP contribution in [0, 0.1) is 11.8 Å². The van der Waals surface area contributed by atoms with E-state index in [2.05, 4.69) is 31.8 Å². The number of hydrogen-bond acceptors (Lipinski definition) is 4. The number of alkyl halides is 1. The third-order valence-electron chi connectivity index (χ3n) is 1.66. The summed E-state index contributed by atoms with van der Waals surface area (Å²) in [6, 6.07) is 0. The Hall–Kier alpha value is -1.25. The van der Waals surface area contributed by atoms with E-state index in [-0.39, 0.29) is 0 Å². The lowest BCUT2D eigenvalue weighted by Gasteiger charge is -1.96. The summed E-state index contributed by atoms with van der Waals surface area (Å²) in [5.74, 6) is 6.74. The molecule has 4 nitrogen and oxygen atoms in total. The summed E-state index contributed by atoms with van der Waals surface area (Å²) >= 11 is 6.98. The number of aromatic amines is 1. The van der Waals surface area contributed by atoms with E-state index in [0.29, 0.717) is 17.3 Å². The fourth-order valence-corrected chi connectivity index (χ4v) is 1.88. The number of rotatable bonds is 2. The number of hydrogen-bond donors (Lipinski definition) is 1. The minimum Gasteiger partial charge on any atom is -0.341 e. The molecule has 0 aliphatic carbocycles. The van der Waals surface area contributed by atoms with Gasteiger partial charge in [0.2, 0.25) is 0 Å². The van der Waals surface area contributed by atoms with Crippen LogP contribution in [0.25, 0.3) is 11.2 Å². The van der Waals surface area contributed by atoms with E-state index in [1.807, 2.05) is 0 Å². The minimum absolute atomic E-state index is 0.365. The molecule has 0 aromatic carbocycles. The van der Waals surface area contributed by atoms with Crippen molar-refractivity contribution in [2.75, 3.05) is 11.6 Å². The van der Waals surface area contributed by atoms with Crippen LogP contribution in [0.4, 0.5) is 0 Å². The van der Waals surface area contributed by atoms with Crippen molar-refractivity contribution in [1.29, 1.82) is 0 Å². The first kappa shape index (κ1) is 10.3. The van der Waals surface area contributed by atoms with Crippen molar-refractivity contribution in [2.45, 2.75) is 5.03 Å². The van der Waals surface area contributed by atoms with E-state index in [9.17, 15) is 0 Å². The molecule has 0 radical (unpaired) electrons. The SMILES string of the molecule is ClCC#CCSc1ncnc2nc[nH]c12. The molecule has 0 spiro atoms. The molecule has 0 bridgehead atoms. The van der Waals surface area contributed by atoms with Crippen molar-refractivity contribution in [3.63, 3.8) is 0 Å². The molecule has 0 fully saturated rings. The molecule has 2 heterocycles. The summed E-state index contributed by atoms with van der Waals surface area (Å²) < 4.78 is 0. The minimum atomic E-state index is 0.365. The first-order valence-electron chi connectivity index (χ1n) is 4.20.